The first-order valence-corrected chi connectivity index (χ1v) is 40.2. The van der Waals surface area contributed by atoms with Gasteiger partial charge in [-0.2, -0.15) is 0 Å². The molecular weight excluding hydrogens is 1740 g/mol. The van der Waals surface area contributed by atoms with Crippen molar-refractivity contribution in [1.29, 1.82) is 0 Å². The molecule has 6 atom stereocenters. The fourth-order valence-corrected chi connectivity index (χ4v) is 12.4. The van der Waals surface area contributed by atoms with Crippen LogP contribution in [0.5, 0.6) is 0 Å². The molecule has 0 N–H and O–H groups in total. The van der Waals surface area contributed by atoms with Crippen LogP contribution in [0.2, 0.25) is 0 Å². The largest absolute Gasteiger partial charge is 0.381 e. The summed E-state index contributed by atoms with van der Waals surface area (Å²) in [4.78, 5) is 339. The van der Waals surface area contributed by atoms with Gasteiger partial charge in [0.05, 0.1) is 92.5 Å². The average molecular weight is 1830 g/mol. The van der Waals surface area contributed by atoms with Gasteiger partial charge in [-0.05, 0) is 31.1 Å². The highest BCUT2D eigenvalue weighted by atomic mass is 16.8. The van der Waals surface area contributed by atoms with Crippen LogP contribution in [0.3, 0.4) is 0 Å². The Balaban J connectivity index is 1.01. The van der Waals surface area contributed by atoms with Crippen LogP contribution < -0.4 is 0 Å². The molecule has 6 unspecified atom stereocenters. The summed E-state index contributed by atoms with van der Waals surface area (Å²) in [6.45, 7) is -14.4. The number of carbonyl (C=O) groups excluding carboxylic acids is 24. The summed E-state index contributed by atoms with van der Waals surface area (Å²) >= 11 is 0. The molecule has 706 valence electrons. The Morgan fingerprint density at radius 3 is 0.672 bits per heavy atom. The molecule has 0 saturated carbocycles. The molecule has 0 aromatic carbocycles. The van der Waals surface area contributed by atoms with Crippen molar-refractivity contribution in [2.75, 3.05) is 165 Å². The number of imide groups is 8. The second kappa shape index (κ2) is 53.2. The van der Waals surface area contributed by atoms with Gasteiger partial charge >= 0.3 is 47.8 Å². The van der Waals surface area contributed by atoms with E-state index in [9.17, 15) is 115 Å². The molecule has 0 spiro atoms. The molecule has 0 aromatic heterocycles. The topological polar surface area (TPSA) is 639 Å². The third-order valence-electron chi connectivity index (χ3n) is 18.7. The molecule has 0 bridgehead atoms. The number of carbonyl (C=O) groups is 24. The van der Waals surface area contributed by atoms with Crippen LogP contribution in [-0.4, -0.2) is 366 Å². The van der Waals surface area contributed by atoms with E-state index >= 15 is 0 Å². The van der Waals surface area contributed by atoms with Gasteiger partial charge in [-0.15, -0.1) is 40.5 Å². The lowest BCUT2D eigenvalue weighted by atomic mass is 9.81. The van der Waals surface area contributed by atoms with Gasteiger partial charge in [0.25, 0.3) is 94.5 Å². The monoisotopic (exact) mass is 1830 g/mol. The first-order chi connectivity index (χ1) is 61.4. The van der Waals surface area contributed by atoms with E-state index in [2.05, 4.69) is 0 Å². The fraction of sp³-hybridized carbons (Fsp3) is 0.676. The lowest BCUT2D eigenvalue weighted by molar-refractivity contribution is -0.203. The van der Waals surface area contributed by atoms with E-state index in [0.717, 1.165) is 0 Å². The van der Waals surface area contributed by atoms with E-state index in [-0.39, 0.29) is 184 Å². The number of unbranched alkanes of at least 4 members (excludes halogenated alkanes) is 1. The maximum absolute atomic E-state index is 13.2. The van der Waals surface area contributed by atoms with Crippen molar-refractivity contribution in [1.82, 2.24) is 40.5 Å². The lowest BCUT2D eigenvalue weighted by Crippen LogP contribution is -2.48. The molecule has 16 amide bonds. The fourth-order valence-electron chi connectivity index (χ4n) is 12.4. The van der Waals surface area contributed by atoms with E-state index in [0.29, 0.717) is 5.06 Å². The normalized spacial score (nSPS) is 18.2. The number of hydrogen-bond donors (Lipinski definition) is 0. The average Bonchev–Trinajstić information content (AvgIpc) is 1.51. The van der Waals surface area contributed by atoms with Gasteiger partial charge in [0.1, 0.15) is 71.2 Å². The van der Waals surface area contributed by atoms with Gasteiger partial charge in [-0.25, -0.2) is 38.4 Å². The summed E-state index contributed by atoms with van der Waals surface area (Å²) in [5.41, 5.74) is 0. The predicted octanol–water partition coefficient (Wildman–Crippen LogP) is -5.80. The molecule has 54 nitrogen and oxygen atoms in total. The van der Waals surface area contributed by atoms with Crippen LogP contribution in [0, 0.1) is 17.8 Å². The van der Waals surface area contributed by atoms with E-state index in [4.69, 9.17) is 105 Å². The van der Waals surface area contributed by atoms with Crippen LogP contribution >= 0.6 is 0 Å². The van der Waals surface area contributed by atoms with E-state index in [1.165, 1.54) is 0 Å². The van der Waals surface area contributed by atoms with E-state index in [1.54, 1.807) is 0 Å². The van der Waals surface area contributed by atoms with Crippen molar-refractivity contribution in [2.24, 2.45) is 17.8 Å². The van der Waals surface area contributed by atoms with Gasteiger partial charge in [0.2, 0.25) is 0 Å². The van der Waals surface area contributed by atoms with Crippen LogP contribution in [0.25, 0.3) is 0 Å². The number of nitrogens with zero attached hydrogens (tertiary/aromatic N) is 8. The van der Waals surface area contributed by atoms with Gasteiger partial charge in [0, 0.05) is 128 Å². The Bertz CT molecular complexity index is 3950. The summed E-state index contributed by atoms with van der Waals surface area (Å²) < 4.78 is 82.2. The minimum Gasteiger partial charge on any atom is -0.381 e. The zero-order valence-electron chi connectivity index (χ0n) is 68.9. The van der Waals surface area contributed by atoms with Crippen LogP contribution in [0.4, 0.5) is 0 Å². The van der Waals surface area contributed by atoms with Crippen LogP contribution in [-0.2, 0) is 220 Å². The van der Waals surface area contributed by atoms with Crippen molar-refractivity contribution in [2.45, 2.75) is 140 Å². The number of ether oxygens (including phenoxy) is 14. The highest BCUT2D eigenvalue weighted by molar-refractivity contribution is 6.06. The molecule has 128 heavy (non-hydrogen) atoms. The van der Waals surface area contributed by atoms with Gasteiger partial charge < -0.3 is 105 Å². The summed E-state index contributed by atoms with van der Waals surface area (Å²) in [5, 5.41) is 2.18. The molecule has 8 rings (SSSR count). The molecular formula is C74H94N8O46. The molecule has 8 aliphatic rings. The lowest BCUT2D eigenvalue weighted by Gasteiger charge is -2.34. The molecule has 0 radical (unpaired) electrons. The third kappa shape index (κ3) is 33.5. The summed E-state index contributed by atoms with van der Waals surface area (Å²) in [5.74, 6) is -25.7. The maximum atomic E-state index is 13.2. The van der Waals surface area contributed by atoms with Crippen LogP contribution in [0.15, 0.2) is 0 Å². The first-order valence-electron chi connectivity index (χ1n) is 40.2. The third-order valence-corrected chi connectivity index (χ3v) is 18.7. The van der Waals surface area contributed by atoms with Crippen molar-refractivity contribution in [3.8, 4) is 0 Å². The van der Waals surface area contributed by atoms with Crippen molar-refractivity contribution in [3.05, 3.63) is 0 Å². The molecule has 8 fully saturated rings. The Hall–Kier alpha value is -11.7. The van der Waals surface area contributed by atoms with Crippen LogP contribution in [0.1, 0.15) is 122 Å². The van der Waals surface area contributed by atoms with E-state index < -0.39 is 317 Å². The van der Waals surface area contributed by atoms with Crippen molar-refractivity contribution >= 4 is 142 Å². The van der Waals surface area contributed by atoms with Crippen molar-refractivity contribution < 1.29 is 220 Å². The number of hydroxylamine groups is 16. The highest BCUT2D eigenvalue weighted by Gasteiger charge is 2.42. The van der Waals surface area contributed by atoms with Gasteiger partial charge in [-0.3, -0.25) is 76.7 Å². The summed E-state index contributed by atoms with van der Waals surface area (Å²) in [6, 6.07) is 0. The van der Waals surface area contributed by atoms with Crippen molar-refractivity contribution in [3.63, 3.8) is 0 Å². The molecule has 54 heteroatoms. The Kier molecular flexibility index (Phi) is 42.3. The maximum Gasteiger partial charge on any atom is 0.358 e. The first kappa shape index (κ1) is 102. The molecule has 0 aliphatic carbocycles. The number of rotatable bonds is 63. The Labute approximate surface area is 723 Å². The minimum atomic E-state index is -1.46. The number of hydrogen-bond acceptors (Lipinski definition) is 46. The second-order valence-electron chi connectivity index (χ2n) is 28.2. The summed E-state index contributed by atoms with van der Waals surface area (Å²) in [7, 11) is 0. The Morgan fingerprint density at radius 2 is 0.398 bits per heavy atom. The minimum absolute atomic E-state index is 0.101. The van der Waals surface area contributed by atoms with Gasteiger partial charge in [0.15, 0.2) is 0 Å². The predicted molar refractivity (Wildman–Crippen MR) is 390 cm³/mol. The molecule has 8 aliphatic heterocycles. The smallest absolute Gasteiger partial charge is 0.358 e. The SMILES string of the molecule is O=C(COCCOCC(OCCOCC(=O)ON1C(=O)CCC1=O)C(OCCOCC(=O)ON1C(=O)CCC1=O)C(COCCCCOCC(COCC(=O)ON1C(=O)CCC1=O)C(COCC(=O)ON1C(=O)CCC1=O)C(CCOCC(=O)ON1C(=O)CCC1=O)COCC(=O)ON1C(=O)CCC1=O)OCCOCC(=O)ON1C(=O)CCC1=O)ON1C(=O)CCC1=O. The molecule has 8 heterocycles. The molecule has 0 aromatic rings. The molecule has 8 saturated heterocycles. The zero-order chi connectivity index (χ0) is 92.6. The second-order valence-corrected chi connectivity index (χ2v) is 28.2. The standard InChI is InChI=1S/C74H94N8O46/c83-50-3-4-51(84)75(50)121-66(99)37-109-22-19-45(31-115-42-71(104)126-80-60(93)13-14-61(80)94)47(34-117-44-73(106)128-82-64(97)17-18-65(82)98)46(33-116-43-72(105)127-81-62(95)15-16-63(81)96)32-107-20-1-2-21-108-35-48(118-28-25-112-39-68(101)123-77-54(87)7-8-55(77)88)74(120-30-27-114-41-70(103)125-79-58(91)11-12-59(79)92)49(119-29-26-113-40-69(102)124-78-56(89)9-10-57(78)90)36-110-23-24-111-38-67(100)122-76-52(85)5-6-53(76)86/h45-49,74H,1-44H2. The summed E-state index contributed by atoms with van der Waals surface area (Å²) in [6.07, 6.45) is -8.08. The zero-order valence-corrected chi connectivity index (χ0v) is 68.9. The number of amides is 16. The highest BCUT2D eigenvalue weighted by Crippen LogP contribution is 2.29. The quantitative estimate of drug-likeness (QED) is 0.0404. The Morgan fingerprint density at radius 1 is 0.203 bits per heavy atom. The van der Waals surface area contributed by atoms with E-state index in [1.807, 2.05) is 0 Å². The van der Waals surface area contributed by atoms with Gasteiger partial charge in [-0.1, -0.05) is 0 Å².